The second-order valence-electron chi connectivity index (χ2n) is 3.43. The van der Waals surface area contributed by atoms with E-state index < -0.39 is 10.9 Å². The van der Waals surface area contributed by atoms with Crippen LogP contribution in [-0.2, 0) is 9.63 Å². The molecule has 1 aromatic carbocycles. The number of hydrogen-bond donors (Lipinski definition) is 0. The van der Waals surface area contributed by atoms with Gasteiger partial charge in [-0.3, -0.25) is 10.1 Å². The molecule has 1 aromatic rings. The van der Waals surface area contributed by atoms with Crippen LogP contribution in [0.2, 0.25) is 0 Å². The van der Waals surface area contributed by atoms with Gasteiger partial charge in [-0.2, -0.15) is 0 Å². The quantitative estimate of drug-likeness (QED) is 0.337. The Bertz CT molecular complexity index is 560. The average Bonchev–Trinajstić information content (AvgIpc) is 2.61. The molecule has 0 N–H and O–H groups in total. The molecule has 0 fully saturated rings. The number of benzene rings is 1. The molecule has 0 saturated heterocycles. The first-order chi connectivity index (χ1) is 8.09. The summed E-state index contributed by atoms with van der Waals surface area (Å²) in [5.74, 6) is -0.597. The molecule has 1 aliphatic rings. The minimum Gasteiger partial charge on any atom is -0.312 e. The number of nitro benzene ring substituents is 1. The number of hydrogen-bond acceptors (Lipinski definition) is 5. The zero-order chi connectivity index (χ0) is 12.4. The fourth-order valence-corrected chi connectivity index (χ4v) is 1.45. The molecule has 0 atom stereocenters. The lowest BCUT2D eigenvalue weighted by molar-refractivity contribution is -0.385. The van der Waals surface area contributed by atoms with Crippen LogP contribution in [0.4, 0.5) is 5.69 Å². The molecule has 86 valence electrons. The Balaban J connectivity index is 2.49. The Labute approximate surface area is 96.3 Å². The van der Waals surface area contributed by atoms with E-state index >= 15 is 0 Å². The van der Waals surface area contributed by atoms with Crippen molar-refractivity contribution in [1.82, 2.24) is 0 Å². The van der Waals surface area contributed by atoms with Crippen molar-refractivity contribution in [3.05, 3.63) is 45.5 Å². The molecule has 0 aliphatic carbocycles. The lowest BCUT2D eigenvalue weighted by atomic mass is 10.1. The normalized spacial score (nSPS) is 16.9. The van der Waals surface area contributed by atoms with Gasteiger partial charge in [0.05, 0.1) is 21.8 Å². The molecule has 0 unspecified atom stereocenters. The van der Waals surface area contributed by atoms with Crippen LogP contribution in [0, 0.1) is 10.1 Å². The van der Waals surface area contributed by atoms with Crippen molar-refractivity contribution in [2.45, 2.75) is 6.92 Å². The first-order valence-corrected chi connectivity index (χ1v) is 4.81. The van der Waals surface area contributed by atoms with E-state index in [2.05, 4.69) is 9.99 Å². The molecule has 1 aliphatic heterocycles. The van der Waals surface area contributed by atoms with Crippen molar-refractivity contribution in [3.63, 3.8) is 0 Å². The number of oxime groups is 1. The van der Waals surface area contributed by atoms with Crippen molar-refractivity contribution in [2.75, 3.05) is 0 Å². The van der Waals surface area contributed by atoms with E-state index in [4.69, 9.17) is 0 Å². The first-order valence-electron chi connectivity index (χ1n) is 4.81. The van der Waals surface area contributed by atoms with Crippen molar-refractivity contribution < 1.29 is 14.6 Å². The molecule has 17 heavy (non-hydrogen) atoms. The van der Waals surface area contributed by atoms with Crippen LogP contribution in [0.5, 0.6) is 0 Å². The number of nitrogens with zero attached hydrogens (tertiary/aromatic N) is 2. The van der Waals surface area contributed by atoms with Gasteiger partial charge in [0.1, 0.15) is 0 Å². The third kappa shape index (κ3) is 2.05. The van der Waals surface area contributed by atoms with Crippen molar-refractivity contribution in [3.8, 4) is 0 Å². The summed E-state index contributed by atoms with van der Waals surface area (Å²) in [6.07, 6.45) is 1.41. The van der Waals surface area contributed by atoms with Gasteiger partial charge >= 0.3 is 5.97 Å². The van der Waals surface area contributed by atoms with Crippen LogP contribution >= 0.6 is 0 Å². The van der Waals surface area contributed by atoms with Crippen LogP contribution < -0.4 is 0 Å². The lowest BCUT2D eigenvalue weighted by Crippen LogP contribution is -2.02. The maximum absolute atomic E-state index is 11.3. The Morgan fingerprint density at radius 2 is 2.12 bits per heavy atom. The van der Waals surface area contributed by atoms with E-state index in [0.717, 1.165) is 0 Å². The molecule has 1 heterocycles. The Kier molecular flexibility index (Phi) is 2.70. The maximum atomic E-state index is 11.3. The van der Waals surface area contributed by atoms with Gasteiger partial charge in [-0.05, 0) is 19.1 Å². The molecule has 0 spiro atoms. The van der Waals surface area contributed by atoms with Crippen LogP contribution in [0.25, 0.3) is 6.08 Å². The van der Waals surface area contributed by atoms with E-state index in [1.165, 1.54) is 12.1 Å². The first kappa shape index (κ1) is 11.0. The maximum Gasteiger partial charge on any atom is 0.367 e. The Morgan fingerprint density at radius 3 is 2.71 bits per heavy atom. The van der Waals surface area contributed by atoms with Crippen LogP contribution in [0.1, 0.15) is 12.5 Å². The third-order valence-electron chi connectivity index (χ3n) is 2.31. The highest BCUT2D eigenvalue weighted by Crippen LogP contribution is 2.23. The van der Waals surface area contributed by atoms with Crippen LogP contribution in [-0.4, -0.2) is 16.6 Å². The molecular formula is C11H8N2O4. The highest BCUT2D eigenvalue weighted by molar-refractivity contribution is 6.24. The van der Waals surface area contributed by atoms with Crippen molar-refractivity contribution >= 4 is 23.4 Å². The molecule has 6 heteroatoms. The fourth-order valence-electron chi connectivity index (χ4n) is 1.45. The summed E-state index contributed by atoms with van der Waals surface area (Å²) in [6, 6.07) is 6.16. The Hall–Kier alpha value is -2.50. The number of rotatable bonds is 2. The number of nitro groups is 1. The molecule has 6 nitrogen and oxygen atoms in total. The van der Waals surface area contributed by atoms with Gasteiger partial charge in [0.25, 0.3) is 5.69 Å². The van der Waals surface area contributed by atoms with Gasteiger partial charge < -0.3 is 4.84 Å². The number of carbonyl (C=O) groups is 1. The van der Waals surface area contributed by atoms with Gasteiger partial charge in [-0.25, -0.2) is 4.79 Å². The molecule has 2 rings (SSSR count). The summed E-state index contributed by atoms with van der Waals surface area (Å²) in [5, 5.41) is 14.3. The summed E-state index contributed by atoms with van der Waals surface area (Å²) < 4.78 is 0. The summed E-state index contributed by atoms with van der Waals surface area (Å²) in [5.41, 5.74) is 0.931. The van der Waals surface area contributed by atoms with Gasteiger partial charge in [0.15, 0.2) is 0 Å². The average molecular weight is 232 g/mol. The SMILES string of the molecule is CC1=NOC(=O)C1=Cc1ccccc1[N+](=O)[O-]. The highest BCUT2D eigenvalue weighted by Gasteiger charge is 2.23. The van der Waals surface area contributed by atoms with Gasteiger partial charge in [-0.1, -0.05) is 17.3 Å². The van der Waals surface area contributed by atoms with E-state index in [0.29, 0.717) is 11.3 Å². The molecule has 0 saturated carbocycles. The number of carbonyl (C=O) groups excluding carboxylic acids is 1. The topological polar surface area (TPSA) is 81.8 Å². The zero-order valence-electron chi connectivity index (χ0n) is 8.91. The van der Waals surface area contributed by atoms with Crippen LogP contribution in [0.3, 0.4) is 0 Å². The third-order valence-corrected chi connectivity index (χ3v) is 2.31. The predicted octanol–water partition coefficient (Wildman–Crippen LogP) is 1.91. The summed E-state index contributed by atoms with van der Waals surface area (Å²) in [6.45, 7) is 1.60. The summed E-state index contributed by atoms with van der Waals surface area (Å²) in [7, 11) is 0. The van der Waals surface area contributed by atoms with Crippen LogP contribution in [0.15, 0.2) is 35.0 Å². The smallest absolute Gasteiger partial charge is 0.312 e. The van der Waals surface area contributed by atoms with Gasteiger partial charge in [0, 0.05) is 6.07 Å². The lowest BCUT2D eigenvalue weighted by Gasteiger charge is -1.97. The molecular weight excluding hydrogens is 224 g/mol. The standard InChI is InChI=1S/C11H8N2O4/c1-7-9(11(14)17-12-7)6-8-4-2-3-5-10(8)13(15)16/h2-6H,1H3. The molecule has 0 aromatic heterocycles. The predicted molar refractivity (Wildman–Crippen MR) is 60.3 cm³/mol. The second kappa shape index (κ2) is 4.17. The highest BCUT2D eigenvalue weighted by atomic mass is 16.7. The second-order valence-corrected chi connectivity index (χ2v) is 3.43. The molecule has 0 bridgehead atoms. The minimum absolute atomic E-state index is 0.0625. The van der Waals surface area contributed by atoms with E-state index in [1.54, 1.807) is 25.1 Å². The van der Waals surface area contributed by atoms with E-state index in [1.807, 2.05) is 0 Å². The summed E-state index contributed by atoms with van der Waals surface area (Å²) in [4.78, 5) is 26.0. The number of para-hydroxylation sites is 1. The molecule has 0 amide bonds. The van der Waals surface area contributed by atoms with Gasteiger partial charge in [0.2, 0.25) is 0 Å². The minimum atomic E-state index is -0.597. The van der Waals surface area contributed by atoms with Crippen molar-refractivity contribution in [2.24, 2.45) is 5.16 Å². The van der Waals surface area contributed by atoms with Crippen molar-refractivity contribution in [1.29, 1.82) is 0 Å². The zero-order valence-corrected chi connectivity index (χ0v) is 8.91. The largest absolute Gasteiger partial charge is 0.367 e. The fraction of sp³-hybridized carbons (Fsp3) is 0.0909. The summed E-state index contributed by atoms with van der Waals surface area (Å²) >= 11 is 0. The molecule has 0 radical (unpaired) electrons. The monoisotopic (exact) mass is 232 g/mol. The van der Waals surface area contributed by atoms with Gasteiger partial charge in [-0.15, -0.1) is 0 Å². The Morgan fingerprint density at radius 1 is 1.41 bits per heavy atom. The van der Waals surface area contributed by atoms with E-state index in [9.17, 15) is 14.9 Å². The van der Waals surface area contributed by atoms with E-state index in [-0.39, 0.29) is 11.3 Å².